The molecular formula is C102H166O20. The molecule has 20 nitrogen and oxygen atoms in total. The molecule has 10 aliphatic rings. The van der Waals surface area contributed by atoms with E-state index in [1.807, 2.05) is 69.2 Å². The van der Waals surface area contributed by atoms with E-state index in [0.717, 1.165) is 154 Å². The molecule has 0 heterocycles. The summed E-state index contributed by atoms with van der Waals surface area (Å²) in [5, 5.41) is 0. The van der Waals surface area contributed by atoms with Gasteiger partial charge in [-0.2, -0.15) is 0 Å². The molecule has 10 atom stereocenters. The van der Waals surface area contributed by atoms with Gasteiger partial charge >= 0.3 is 59.7 Å². The Morgan fingerprint density at radius 2 is 0.279 bits per heavy atom. The van der Waals surface area contributed by atoms with Crippen LogP contribution in [0.2, 0.25) is 0 Å². The number of rotatable bonds is 49. The van der Waals surface area contributed by atoms with Crippen LogP contribution in [-0.4, -0.2) is 116 Å². The Morgan fingerprint density at radius 1 is 0.172 bits per heavy atom. The average molecular weight is 1710 g/mol. The maximum atomic E-state index is 16.6. The normalized spacial score (nSPS) is 24.7. The zero-order valence-corrected chi connectivity index (χ0v) is 78.4. The predicted octanol–water partition coefficient (Wildman–Crippen LogP) is 23.7. The number of esters is 10. The molecule has 10 saturated carbocycles. The zero-order valence-electron chi connectivity index (χ0n) is 78.4. The maximum Gasteiger partial charge on any atom is 0.309 e. The zero-order chi connectivity index (χ0) is 88.0. The summed E-state index contributed by atoms with van der Waals surface area (Å²) in [6, 6.07) is 0. The van der Waals surface area contributed by atoms with E-state index >= 15 is 38.4 Å². The largest absolute Gasteiger partial charge is 0.459 e. The first-order chi connectivity index (χ1) is 58.4. The van der Waals surface area contributed by atoms with Crippen molar-refractivity contribution >= 4 is 59.7 Å². The Hall–Kier alpha value is -5.30. The predicted molar refractivity (Wildman–Crippen MR) is 468 cm³/mol. The molecule has 10 rings (SSSR count). The van der Waals surface area contributed by atoms with Crippen molar-refractivity contribution in [3.05, 3.63) is 0 Å². The van der Waals surface area contributed by atoms with Crippen molar-refractivity contribution in [1.29, 1.82) is 0 Å². The molecule has 0 saturated heterocycles. The molecule has 0 N–H and O–H groups in total. The fourth-order valence-electron chi connectivity index (χ4n) is 24.5. The summed E-state index contributed by atoms with van der Waals surface area (Å²) in [6.45, 7) is 23.9. The van der Waals surface area contributed by atoms with E-state index in [0.29, 0.717) is 173 Å². The van der Waals surface area contributed by atoms with Crippen molar-refractivity contribution in [1.82, 2.24) is 0 Å². The lowest BCUT2D eigenvalue weighted by atomic mass is 9.76. The molecule has 0 spiro atoms. The molecule has 0 aromatic rings. The molecule has 0 radical (unpaired) electrons. The monoisotopic (exact) mass is 1710 g/mol. The fourth-order valence-corrected chi connectivity index (χ4v) is 24.5. The van der Waals surface area contributed by atoms with E-state index in [9.17, 15) is 9.59 Å². The summed E-state index contributed by atoms with van der Waals surface area (Å²) in [5.41, 5.74) is -7.87. The van der Waals surface area contributed by atoms with Gasteiger partial charge in [0.25, 0.3) is 0 Å². The maximum absolute atomic E-state index is 16.6. The van der Waals surface area contributed by atoms with Crippen LogP contribution in [0.5, 0.6) is 0 Å². The van der Waals surface area contributed by atoms with Gasteiger partial charge in [-0.1, -0.05) is 83.1 Å². The van der Waals surface area contributed by atoms with Crippen LogP contribution in [0.15, 0.2) is 0 Å². The van der Waals surface area contributed by atoms with Gasteiger partial charge < -0.3 is 47.4 Å². The van der Waals surface area contributed by atoms with Crippen LogP contribution < -0.4 is 0 Å². The van der Waals surface area contributed by atoms with Gasteiger partial charge in [0.2, 0.25) is 0 Å². The molecule has 122 heavy (non-hydrogen) atoms. The van der Waals surface area contributed by atoms with E-state index < -0.39 is 169 Å². The summed E-state index contributed by atoms with van der Waals surface area (Å²) in [5.74, 6) is -16.8. The number of ether oxygens (including phenoxy) is 10. The number of carbonyl (C=O) groups excluding carboxylic acids is 10. The Labute approximate surface area is 734 Å². The van der Waals surface area contributed by atoms with Gasteiger partial charge in [-0.05, 0) is 385 Å². The molecule has 694 valence electrons. The van der Waals surface area contributed by atoms with E-state index in [2.05, 4.69) is 6.92 Å². The molecule has 10 unspecified atom stereocenters. The van der Waals surface area contributed by atoms with E-state index in [1.54, 1.807) is 6.92 Å². The van der Waals surface area contributed by atoms with Crippen molar-refractivity contribution in [2.24, 2.45) is 59.2 Å². The van der Waals surface area contributed by atoms with Gasteiger partial charge in [0.05, 0.1) is 59.2 Å². The summed E-state index contributed by atoms with van der Waals surface area (Å²) in [4.78, 5) is 160. The summed E-state index contributed by atoms with van der Waals surface area (Å²) < 4.78 is 68.4. The van der Waals surface area contributed by atoms with Gasteiger partial charge in [-0.25, -0.2) is 0 Å². The highest BCUT2D eigenvalue weighted by molar-refractivity contribution is 5.83. The van der Waals surface area contributed by atoms with E-state index in [1.165, 1.54) is 0 Å². The summed E-state index contributed by atoms with van der Waals surface area (Å²) in [7, 11) is 0. The van der Waals surface area contributed by atoms with Crippen LogP contribution in [0.4, 0.5) is 0 Å². The lowest BCUT2D eigenvalue weighted by Crippen LogP contribution is -2.42. The third-order valence-corrected chi connectivity index (χ3v) is 33.8. The fraction of sp³-hybridized carbons (Fsp3) is 0.902. The molecular weight excluding hydrogens is 1550 g/mol. The first-order valence-electron chi connectivity index (χ1n) is 50.7. The standard InChI is InChI=1S/C102H166O20/c1-13-74(84(104)114-94(15-3)46-26-27-47-94)65-76(86(106)116-96(17-5)50-30-31-51-96)67-78(88(108)118-98(19-7)54-34-35-55-98)69-80(90(110)120-100(21-9)58-38-39-59-100)71-82(92(112)122-102(23-11)62-42-43-63-102)72-81(91(111)121-101(22-10)60-40-41-61-101)70-79(89(109)119-99(20-8)56-36-37-57-99)68-77(87(107)117-97(18-6)52-32-33-53-97)66-75(85(105)115-95(16-4)48-28-29-49-95)64-73(12)83(103)113-93(14-2)44-24-25-45-93/h73-82H,13-72H2,1-12H3. The van der Waals surface area contributed by atoms with Gasteiger partial charge in [0.1, 0.15) is 56.0 Å². The minimum absolute atomic E-state index is 0.00997. The Morgan fingerprint density at radius 3 is 0.402 bits per heavy atom. The van der Waals surface area contributed by atoms with Crippen molar-refractivity contribution in [3.8, 4) is 0 Å². The average Bonchev–Trinajstić information content (AvgIpc) is 1.53. The third-order valence-electron chi connectivity index (χ3n) is 33.8. The second-order valence-electron chi connectivity index (χ2n) is 41.4. The molecule has 10 aliphatic carbocycles. The van der Waals surface area contributed by atoms with Crippen LogP contribution >= 0.6 is 0 Å². The topological polar surface area (TPSA) is 263 Å². The van der Waals surface area contributed by atoms with Gasteiger partial charge in [0.15, 0.2) is 0 Å². The minimum atomic E-state index is -1.31. The first kappa shape index (κ1) is 98.9. The quantitative estimate of drug-likeness (QED) is 0.0405. The van der Waals surface area contributed by atoms with Gasteiger partial charge in [-0.3, -0.25) is 47.9 Å². The lowest BCUT2D eigenvalue weighted by molar-refractivity contribution is -0.176. The smallest absolute Gasteiger partial charge is 0.309 e. The van der Waals surface area contributed by atoms with Crippen LogP contribution in [0.1, 0.15) is 468 Å². The van der Waals surface area contributed by atoms with Crippen LogP contribution in [-0.2, 0) is 95.3 Å². The van der Waals surface area contributed by atoms with Crippen molar-refractivity contribution in [2.75, 3.05) is 0 Å². The molecule has 0 bridgehead atoms. The van der Waals surface area contributed by atoms with E-state index in [-0.39, 0.29) is 63.8 Å². The Balaban J connectivity index is 1.11. The number of hydrogen-bond acceptors (Lipinski definition) is 20. The molecule has 0 aromatic heterocycles. The van der Waals surface area contributed by atoms with E-state index in [4.69, 9.17) is 47.4 Å². The van der Waals surface area contributed by atoms with Crippen molar-refractivity contribution in [3.63, 3.8) is 0 Å². The van der Waals surface area contributed by atoms with Crippen molar-refractivity contribution in [2.45, 2.75) is 524 Å². The Bertz CT molecular complexity index is 3380. The highest BCUT2D eigenvalue weighted by Crippen LogP contribution is 2.50. The molecule has 10 fully saturated rings. The van der Waals surface area contributed by atoms with Crippen LogP contribution in [0, 0.1) is 59.2 Å². The van der Waals surface area contributed by atoms with Gasteiger partial charge in [0, 0.05) is 0 Å². The third kappa shape index (κ3) is 25.2. The first-order valence-corrected chi connectivity index (χ1v) is 50.7. The van der Waals surface area contributed by atoms with Crippen LogP contribution in [0.25, 0.3) is 0 Å². The summed E-state index contributed by atoms with van der Waals surface area (Å²) in [6.07, 6.45) is 34.3. The molecule has 20 heteroatoms. The highest BCUT2D eigenvalue weighted by atomic mass is 16.6. The Kier molecular flexibility index (Phi) is 36.2. The number of carbonyl (C=O) groups is 10. The lowest BCUT2D eigenvalue weighted by Gasteiger charge is -2.37. The minimum Gasteiger partial charge on any atom is -0.459 e. The molecule has 0 aromatic carbocycles. The van der Waals surface area contributed by atoms with Gasteiger partial charge in [-0.15, -0.1) is 0 Å². The second-order valence-corrected chi connectivity index (χ2v) is 41.4. The summed E-state index contributed by atoms with van der Waals surface area (Å²) >= 11 is 0. The second kappa shape index (κ2) is 44.6. The van der Waals surface area contributed by atoms with Crippen LogP contribution in [0.3, 0.4) is 0 Å². The number of hydrogen-bond donors (Lipinski definition) is 0. The van der Waals surface area contributed by atoms with Crippen molar-refractivity contribution < 1.29 is 95.3 Å². The molecule has 0 aliphatic heterocycles. The SMILES string of the molecule is CCC(CC(CC(CC(CC(CC(CC(CC(CC(CC(C)C(=O)OC1(CC)CCCC1)C(=O)OC1(CC)CCCC1)C(=O)OC1(CC)CCCC1)C(=O)OC1(CC)CCCC1)C(=O)OC1(CC)CCCC1)C(=O)OC1(CC)CCCC1)C(=O)OC1(CC)CCCC1)C(=O)OC1(CC)CCCC1)C(=O)OC1(CC)CCCC1)C(=O)OC1(CC)CCCC1. The molecule has 0 amide bonds. The highest BCUT2D eigenvalue weighted by Gasteiger charge is 2.53.